The van der Waals surface area contributed by atoms with Gasteiger partial charge in [0.15, 0.2) is 0 Å². The van der Waals surface area contributed by atoms with Crippen LogP contribution < -0.4 is 9.62 Å². The van der Waals surface area contributed by atoms with Crippen molar-refractivity contribution >= 4 is 43.5 Å². The fraction of sp³-hybridized carbons (Fsp3) is 0.257. The lowest BCUT2D eigenvalue weighted by atomic mass is 10.0. The molecule has 0 aliphatic rings. The Balaban J connectivity index is 1.82. The highest BCUT2D eigenvalue weighted by atomic mass is 79.9. The van der Waals surface area contributed by atoms with Crippen molar-refractivity contribution in [2.45, 2.75) is 57.1 Å². The highest BCUT2D eigenvalue weighted by Crippen LogP contribution is 2.28. The van der Waals surface area contributed by atoms with E-state index in [2.05, 4.69) is 21.2 Å². The molecule has 0 aromatic heterocycles. The van der Waals surface area contributed by atoms with Gasteiger partial charge in [-0.2, -0.15) is 0 Å². The first-order valence-corrected chi connectivity index (χ1v) is 16.7. The van der Waals surface area contributed by atoms with E-state index < -0.39 is 45.8 Å². The van der Waals surface area contributed by atoms with Crippen molar-refractivity contribution in [2.24, 2.45) is 0 Å². The number of nitrogens with one attached hydrogen (secondary N) is 1. The van der Waals surface area contributed by atoms with Crippen LogP contribution in [0.2, 0.25) is 0 Å². The summed E-state index contributed by atoms with van der Waals surface area (Å²) in [5, 5.41) is 2.99. The van der Waals surface area contributed by atoms with Gasteiger partial charge in [-0.25, -0.2) is 12.8 Å². The fourth-order valence-electron chi connectivity index (χ4n) is 4.80. The van der Waals surface area contributed by atoms with Crippen LogP contribution in [0.4, 0.5) is 10.1 Å². The van der Waals surface area contributed by atoms with Crippen LogP contribution in [0, 0.1) is 12.7 Å². The molecule has 0 aliphatic heterocycles. The standard InChI is InChI=1S/C35H37BrFN3O4S/c1-25-14-20-29(21-15-25)45(43,44)40(31-13-9-8-12-30(31)37)24-33(41)39(23-27-16-18-28(36)19-17-27)32(34(42)38-35(2,3)4)22-26-10-6-5-7-11-26/h5-21,32H,22-24H2,1-4H3,(H,38,42). The van der Waals surface area contributed by atoms with Crippen molar-refractivity contribution < 1.29 is 22.4 Å². The van der Waals surface area contributed by atoms with Gasteiger partial charge in [0.2, 0.25) is 11.8 Å². The molecule has 0 fully saturated rings. The van der Waals surface area contributed by atoms with Crippen molar-refractivity contribution in [3.05, 3.63) is 130 Å². The zero-order chi connectivity index (χ0) is 32.8. The average molecular weight is 695 g/mol. The van der Waals surface area contributed by atoms with Crippen molar-refractivity contribution in [3.8, 4) is 0 Å². The van der Waals surface area contributed by atoms with Gasteiger partial charge in [0, 0.05) is 23.0 Å². The molecular weight excluding hydrogens is 657 g/mol. The first-order valence-electron chi connectivity index (χ1n) is 14.5. The lowest BCUT2D eigenvalue weighted by molar-refractivity contribution is -0.140. The van der Waals surface area contributed by atoms with Gasteiger partial charge in [-0.3, -0.25) is 13.9 Å². The van der Waals surface area contributed by atoms with E-state index >= 15 is 4.39 Å². The van der Waals surface area contributed by atoms with Crippen molar-refractivity contribution in [2.75, 3.05) is 10.8 Å². The van der Waals surface area contributed by atoms with Crippen molar-refractivity contribution in [3.63, 3.8) is 0 Å². The molecule has 1 N–H and O–H groups in total. The van der Waals surface area contributed by atoms with Crippen LogP contribution in [0.15, 0.2) is 112 Å². The van der Waals surface area contributed by atoms with Gasteiger partial charge >= 0.3 is 0 Å². The highest BCUT2D eigenvalue weighted by Gasteiger charge is 2.36. The predicted molar refractivity (Wildman–Crippen MR) is 179 cm³/mol. The lowest BCUT2D eigenvalue weighted by Gasteiger charge is -2.35. The van der Waals surface area contributed by atoms with Gasteiger partial charge < -0.3 is 10.2 Å². The van der Waals surface area contributed by atoms with Gasteiger partial charge in [-0.1, -0.05) is 88.2 Å². The molecular formula is C35H37BrFN3O4S. The molecule has 0 radical (unpaired) electrons. The first-order chi connectivity index (χ1) is 21.2. The van der Waals surface area contributed by atoms with Gasteiger partial charge in [-0.05, 0) is 75.2 Å². The molecule has 2 amide bonds. The normalized spacial score (nSPS) is 12.3. The number of carbonyl (C=O) groups is 2. The number of amides is 2. The third-order valence-electron chi connectivity index (χ3n) is 7.04. The molecule has 45 heavy (non-hydrogen) atoms. The summed E-state index contributed by atoms with van der Waals surface area (Å²) < 4.78 is 44.9. The number of aryl methyl sites for hydroxylation is 1. The van der Waals surface area contributed by atoms with Gasteiger partial charge in [-0.15, -0.1) is 0 Å². The molecule has 0 saturated carbocycles. The third kappa shape index (κ3) is 9.02. The summed E-state index contributed by atoms with van der Waals surface area (Å²) in [5.74, 6) is -1.86. The van der Waals surface area contributed by atoms with Crippen LogP contribution in [-0.4, -0.2) is 43.3 Å². The second kappa shape index (κ2) is 14.4. The van der Waals surface area contributed by atoms with Crippen LogP contribution in [0.1, 0.15) is 37.5 Å². The number of para-hydroxylation sites is 1. The van der Waals surface area contributed by atoms with Crippen molar-refractivity contribution in [1.29, 1.82) is 0 Å². The summed E-state index contributed by atoms with van der Waals surface area (Å²) in [5.41, 5.74) is 1.52. The zero-order valence-electron chi connectivity index (χ0n) is 25.7. The maximum atomic E-state index is 15.2. The smallest absolute Gasteiger partial charge is 0.264 e. The summed E-state index contributed by atoms with van der Waals surface area (Å²) in [7, 11) is -4.39. The van der Waals surface area contributed by atoms with E-state index in [-0.39, 0.29) is 23.5 Å². The van der Waals surface area contributed by atoms with Crippen LogP contribution in [0.5, 0.6) is 0 Å². The fourth-order valence-corrected chi connectivity index (χ4v) is 6.48. The van der Waals surface area contributed by atoms with Gasteiger partial charge in [0.05, 0.1) is 10.6 Å². The molecule has 0 saturated heterocycles. The topological polar surface area (TPSA) is 86.8 Å². The third-order valence-corrected chi connectivity index (χ3v) is 9.35. The number of hydrogen-bond acceptors (Lipinski definition) is 4. The highest BCUT2D eigenvalue weighted by molar-refractivity contribution is 9.10. The molecule has 7 nitrogen and oxygen atoms in total. The van der Waals surface area contributed by atoms with E-state index in [1.54, 1.807) is 12.1 Å². The molecule has 0 bridgehead atoms. The molecule has 0 aliphatic carbocycles. The molecule has 4 aromatic carbocycles. The number of hydrogen-bond donors (Lipinski definition) is 1. The van der Waals surface area contributed by atoms with Crippen molar-refractivity contribution in [1.82, 2.24) is 10.2 Å². The van der Waals surface area contributed by atoms with E-state index in [1.807, 2.05) is 82.3 Å². The Labute approximate surface area is 273 Å². The number of benzene rings is 4. The second-order valence-corrected chi connectivity index (χ2v) is 14.6. The second-order valence-electron chi connectivity index (χ2n) is 11.9. The average Bonchev–Trinajstić information content (AvgIpc) is 2.99. The quantitative estimate of drug-likeness (QED) is 0.191. The number of halogens is 2. The molecule has 4 rings (SSSR count). The Morgan fingerprint density at radius 2 is 1.44 bits per heavy atom. The van der Waals surface area contributed by atoms with E-state index in [9.17, 15) is 18.0 Å². The summed E-state index contributed by atoms with van der Waals surface area (Å²) >= 11 is 3.43. The molecule has 0 spiro atoms. The summed E-state index contributed by atoms with van der Waals surface area (Å²) in [4.78, 5) is 29.7. The molecule has 1 unspecified atom stereocenters. The molecule has 1 atom stereocenters. The largest absolute Gasteiger partial charge is 0.350 e. The zero-order valence-corrected chi connectivity index (χ0v) is 28.1. The van der Waals surface area contributed by atoms with Gasteiger partial charge in [0.25, 0.3) is 10.0 Å². The van der Waals surface area contributed by atoms with E-state index in [1.165, 1.54) is 35.2 Å². The Morgan fingerprint density at radius 1 is 0.844 bits per heavy atom. The van der Waals surface area contributed by atoms with Crippen LogP contribution >= 0.6 is 15.9 Å². The summed E-state index contributed by atoms with van der Waals surface area (Å²) in [6.45, 7) is 6.64. The molecule has 0 heterocycles. The minimum absolute atomic E-state index is 0.0108. The molecule has 10 heteroatoms. The van der Waals surface area contributed by atoms with E-state index in [4.69, 9.17) is 0 Å². The van der Waals surface area contributed by atoms with Crippen LogP contribution in [-0.2, 0) is 32.6 Å². The van der Waals surface area contributed by atoms with Crippen LogP contribution in [0.3, 0.4) is 0 Å². The summed E-state index contributed by atoms with van der Waals surface area (Å²) in [6.07, 6.45) is 0.176. The minimum Gasteiger partial charge on any atom is -0.350 e. The Kier molecular flexibility index (Phi) is 10.8. The number of anilines is 1. The number of nitrogens with zero attached hydrogens (tertiary/aromatic N) is 2. The molecule has 4 aromatic rings. The Hall–Kier alpha value is -4.02. The maximum absolute atomic E-state index is 15.2. The number of sulfonamides is 1. The SMILES string of the molecule is Cc1ccc(S(=O)(=O)N(CC(=O)N(Cc2ccc(Br)cc2)C(Cc2ccccc2)C(=O)NC(C)(C)C)c2ccccc2F)cc1. The number of carbonyl (C=O) groups excluding carboxylic acids is 2. The van der Waals surface area contributed by atoms with E-state index in [0.717, 1.165) is 31.5 Å². The molecule has 236 valence electrons. The monoisotopic (exact) mass is 693 g/mol. The Morgan fingerprint density at radius 3 is 2.04 bits per heavy atom. The predicted octanol–water partition coefficient (Wildman–Crippen LogP) is 6.65. The maximum Gasteiger partial charge on any atom is 0.264 e. The number of rotatable bonds is 11. The minimum atomic E-state index is -4.39. The lowest BCUT2D eigenvalue weighted by Crippen LogP contribution is -2.56. The van der Waals surface area contributed by atoms with E-state index in [0.29, 0.717) is 0 Å². The van der Waals surface area contributed by atoms with Gasteiger partial charge in [0.1, 0.15) is 18.4 Å². The van der Waals surface area contributed by atoms with Crippen LogP contribution in [0.25, 0.3) is 0 Å². The summed E-state index contributed by atoms with van der Waals surface area (Å²) in [6, 6.07) is 27.1. The Bertz CT molecular complexity index is 1730. The first kappa shape index (κ1) is 33.9.